The summed E-state index contributed by atoms with van der Waals surface area (Å²) in [5.74, 6) is 0.810. The molecule has 1 atom stereocenters. The van der Waals surface area contributed by atoms with E-state index in [1.165, 1.54) is 5.39 Å². The molecule has 1 aliphatic heterocycles. The molecule has 1 unspecified atom stereocenters. The number of benzene rings is 3. The Labute approximate surface area is 189 Å². The van der Waals surface area contributed by atoms with E-state index in [9.17, 15) is 0 Å². The van der Waals surface area contributed by atoms with Crippen molar-refractivity contribution in [1.82, 2.24) is 4.90 Å². The molecule has 3 aromatic carbocycles. The first-order chi connectivity index (χ1) is 15.5. The van der Waals surface area contributed by atoms with Crippen molar-refractivity contribution in [2.75, 3.05) is 13.1 Å². The molecule has 0 aromatic heterocycles. The van der Waals surface area contributed by atoms with Crippen molar-refractivity contribution in [3.05, 3.63) is 84.3 Å². The van der Waals surface area contributed by atoms with E-state index in [0.717, 1.165) is 54.4 Å². The summed E-state index contributed by atoms with van der Waals surface area (Å²) in [6.45, 7) is 7.87. The molecule has 1 aliphatic carbocycles. The van der Waals surface area contributed by atoms with Gasteiger partial charge in [-0.15, -0.1) is 0 Å². The molecular weight excluding hydrogens is 397 g/mol. The minimum absolute atomic E-state index is 0.218. The number of nitrogens with two attached hydrogens (primary N) is 1. The first-order valence-corrected chi connectivity index (χ1v) is 11.6. The van der Waals surface area contributed by atoms with Gasteiger partial charge in [0.2, 0.25) is 0 Å². The van der Waals surface area contributed by atoms with E-state index in [4.69, 9.17) is 10.7 Å². The van der Waals surface area contributed by atoms with Crippen LogP contribution in [0.4, 0.5) is 4.39 Å². The van der Waals surface area contributed by atoms with E-state index < -0.39 is 0 Å². The molecule has 0 radical (unpaired) electrons. The van der Waals surface area contributed by atoms with Crippen LogP contribution in [0, 0.1) is 11.7 Å². The highest BCUT2D eigenvalue weighted by Crippen LogP contribution is 2.51. The van der Waals surface area contributed by atoms with Crippen molar-refractivity contribution in [3.63, 3.8) is 0 Å². The summed E-state index contributed by atoms with van der Waals surface area (Å²) < 4.78 is 15.5. The normalized spacial score (nSPS) is 17.8. The molecule has 164 valence electrons. The largest absolute Gasteiger partial charge is 0.330 e. The summed E-state index contributed by atoms with van der Waals surface area (Å²) in [5, 5.41) is 2.33. The van der Waals surface area contributed by atoms with Gasteiger partial charge < -0.3 is 10.6 Å². The second-order valence-electron chi connectivity index (χ2n) is 9.17. The van der Waals surface area contributed by atoms with E-state index >= 15 is 4.39 Å². The molecule has 1 saturated carbocycles. The topological polar surface area (TPSA) is 41.6 Å². The molecule has 1 heterocycles. The monoisotopic (exact) mass is 427 g/mol. The molecule has 1 spiro atoms. The van der Waals surface area contributed by atoms with Gasteiger partial charge in [-0.05, 0) is 71.8 Å². The van der Waals surface area contributed by atoms with E-state index in [1.54, 1.807) is 6.07 Å². The number of hydrogen-bond donors (Lipinski definition) is 1. The van der Waals surface area contributed by atoms with Crippen LogP contribution in [0.5, 0.6) is 0 Å². The first kappa shape index (κ1) is 20.9. The predicted molar refractivity (Wildman–Crippen MR) is 131 cm³/mol. The van der Waals surface area contributed by atoms with E-state index in [1.807, 2.05) is 30.3 Å². The van der Waals surface area contributed by atoms with Gasteiger partial charge in [-0.25, -0.2) is 4.39 Å². The van der Waals surface area contributed by atoms with Crippen LogP contribution in [0.15, 0.2) is 77.9 Å². The lowest BCUT2D eigenvalue weighted by molar-refractivity contribution is 0.371. The number of fused-ring (bicyclic) bond motifs is 1. The highest BCUT2D eigenvalue weighted by molar-refractivity contribution is 6.03. The summed E-state index contributed by atoms with van der Waals surface area (Å²) in [5.41, 5.74) is 9.24. The number of rotatable bonds is 7. The second-order valence-corrected chi connectivity index (χ2v) is 9.17. The number of hydrogen-bond acceptors (Lipinski definition) is 3. The highest BCUT2D eigenvalue weighted by Gasteiger charge is 2.53. The van der Waals surface area contributed by atoms with Gasteiger partial charge in [0, 0.05) is 12.2 Å². The fourth-order valence-electron chi connectivity index (χ4n) is 4.82. The summed E-state index contributed by atoms with van der Waals surface area (Å²) in [6.07, 6.45) is 4.10. The van der Waals surface area contributed by atoms with Crippen molar-refractivity contribution in [2.24, 2.45) is 16.6 Å². The molecule has 32 heavy (non-hydrogen) atoms. The number of amidine groups is 1. The molecule has 3 aromatic rings. The van der Waals surface area contributed by atoms with Gasteiger partial charge in [0.15, 0.2) is 0 Å². The number of nitrogens with zero attached hydrogens (tertiary/aromatic N) is 2. The Morgan fingerprint density at radius 1 is 1.06 bits per heavy atom. The second kappa shape index (κ2) is 8.18. The molecule has 2 aliphatic rings. The van der Waals surface area contributed by atoms with Gasteiger partial charge in [0.25, 0.3) is 0 Å². The minimum atomic E-state index is -0.246. The Morgan fingerprint density at radius 2 is 1.78 bits per heavy atom. The van der Waals surface area contributed by atoms with E-state index in [-0.39, 0.29) is 11.4 Å². The zero-order valence-corrected chi connectivity index (χ0v) is 18.7. The van der Waals surface area contributed by atoms with Crippen LogP contribution >= 0.6 is 0 Å². The van der Waals surface area contributed by atoms with Gasteiger partial charge in [-0.1, -0.05) is 62.4 Å². The van der Waals surface area contributed by atoms with Crippen molar-refractivity contribution in [1.29, 1.82) is 0 Å². The lowest BCUT2D eigenvalue weighted by Crippen LogP contribution is -2.36. The molecular formula is C28H30FN3. The summed E-state index contributed by atoms with van der Waals surface area (Å²) in [6, 6.07) is 20.0. The molecule has 2 N–H and O–H groups in total. The van der Waals surface area contributed by atoms with Crippen LogP contribution < -0.4 is 5.73 Å². The smallest absolute Gasteiger partial charge is 0.139 e. The Kier molecular flexibility index (Phi) is 5.34. The lowest BCUT2D eigenvalue weighted by Gasteiger charge is -2.28. The average molecular weight is 428 g/mol. The van der Waals surface area contributed by atoms with E-state index in [0.29, 0.717) is 23.9 Å². The maximum Gasteiger partial charge on any atom is 0.139 e. The number of aliphatic imine (C=N–C) groups is 1. The SMILES string of the molecule is C=C1N(CC(CN)CCC)C(c2ccc(-c3ccc4ccccc4c3)cc2F)=NC12CC2. The average Bonchev–Trinajstić information content (AvgIpc) is 3.55. The number of halogens is 1. The summed E-state index contributed by atoms with van der Waals surface area (Å²) in [4.78, 5) is 7.11. The molecule has 0 bridgehead atoms. The van der Waals surface area contributed by atoms with Crippen LogP contribution in [-0.2, 0) is 0 Å². The fourth-order valence-corrected chi connectivity index (χ4v) is 4.82. The third kappa shape index (κ3) is 3.63. The molecule has 5 rings (SSSR count). The van der Waals surface area contributed by atoms with Gasteiger partial charge in [-0.2, -0.15) is 0 Å². The van der Waals surface area contributed by atoms with Gasteiger partial charge in [0.1, 0.15) is 17.2 Å². The molecule has 3 nitrogen and oxygen atoms in total. The molecule has 0 saturated heterocycles. The van der Waals surface area contributed by atoms with Crippen LogP contribution in [0.3, 0.4) is 0 Å². The van der Waals surface area contributed by atoms with Crippen molar-refractivity contribution in [2.45, 2.75) is 38.1 Å². The third-order valence-electron chi connectivity index (χ3n) is 6.93. The first-order valence-electron chi connectivity index (χ1n) is 11.6. The van der Waals surface area contributed by atoms with Crippen LogP contribution in [-0.4, -0.2) is 29.4 Å². The van der Waals surface area contributed by atoms with Gasteiger partial charge in [-0.3, -0.25) is 4.99 Å². The van der Waals surface area contributed by atoms with Gasteiger partial charge >= 0.3 is 0 Å². The maximum absolute atomic E-state index is 15.5. The summed E-state index contributed by atoms with van der Waals surface area (Å²) >= 11 is 0. The van der Waals surface area contributed by atoms with Crippen LogP contribution in [0.2, 0.25) is 0 Å². The fraction of sp³-hybridized carbons (Fsp3) is 0.321. The van der Waals surface area contributed by atoms with Crippen molar-refractivity contribution < 1.29 is 4.39 Å². The Bertz CT molecular complexity index is 1210. The highest BCUT2D eigenvalue weighted by atomic mass is 19.1. The Hall–Kier alpha value is -2.98. The van der Waals surface area contributed by atoms with Gasteiger partial charge in [0.05, 0.1) is 5.56 Å². The standard InChI is InChI=1S/C28H30FN3/c1-3-6-20(17-30)18-32-19(2)28(13-14-28)31-27(32)25-12-11-24(16-26(25)29)23-10-9-21-7-4-5-8-22(21)15-23/h4-5,7-12,15-16,20H,2-3,6,13-14,17-18,30H2,1H3. The predicted octanol–water partition coefficient (Wildman–Crippen LogP) is 6.13. The lowest BCUT2D eigenvalue weighted by atomic mass is 9.99. The Balaban J connectivity index is 1.48. The van der Waals surface area contributed by atoms with Crippen molar-refractivity contribution >= 4 is 16.6 Å². The molecule has 0 amide bonds. The quantitative estimate of drug-likeness (QED) is 0.493. The third-order valence-corrected chi connectivity index (χ3v) is 6.93. The van der Waals surface area contributed by atoms with Crippen molar-refractivity contribution in [3.8, 4) is 11.1 Å². The van der Waals surface area contributed by atoms with Crippen LogP contribution in [0.1, 0.15) is 38.2 Å². The zero-order valence-electron chi connectivity index (χ0n) is 18.7. The Morgan fingerprint density at radius 3 is 2.47 bits per heavy atom. The summed E-state index contributed by atoms with van der Waals surface area (Å²) in [7, 11) is 0. The van der Waals surface area contributed by atoms with E-state index in [2.05, 4.69) is 42.7 Å². The van der Waals surface area contributed by atoms with Crippen LogP contribution in [0.25, 0.3) is 21.9 Å². The molecule has 4 heteroatoms. The zero-order chi connectivity index (χ0) is 22.3. The molecule has 1 fully saturated rings. The minimum Gasteiger partial charge on any atom is -0.330 e. The maximum atomic E-state index is 15.5.